The van der Waals surface area contributed by atoms with Crippen molar-refractivity contribution in [3.05, 3.63) is 78.1 Å². The molecule has 0 unspecified atom stereocenters. The summed E-state index contributed by atoms with van der Waals surface area (Å²) in [7, 11) is -6.54. The molecule has 9 nitrogen and oxygen atoms in total. The Morgan fingerprint density at radius 1 is 0.848 bits per heavy atom. The predicted octanol–water partition coefficient (Wildman–Crippen LogP) is 3.13. The first kappa shape index (κ1) is 22.6. The van der Waals surface area contributed by atoms with Gasteiger partial charge < -0.3 is 0 Å². The van der Waals surface area contributed by atoms with Crippen LogP contribution in [0.3, 0.4) is 0 Å². The van der Waals surface area contributed by atoms with Crippen LogP contribution in [0.2, 0.25) is 0 Å². The number of anilines is 1. The average Bonchev–Trinajstić information content (AvgIpc) is 3.21. The van der Waals surface area contributed by atoms with Gasteiger partial charge in [0, 0.05) is 24.9 Å². The summed E-state index contributed by atoms with van der Waals surface area (Å²) >= 11 is 0. The maximum absolute atomic E-state index is 13.3. The van der Waals surface area contributed by atoms with Crippen LogP contribution in [0.15, 0.2) is 81.8 Å². The third kappa shape index (κ3) is 4.50. The summed E-state index contributed by atoms with van der Waals surface area (Å²) in [5.74, 6) is -0.353. The molecule has 0 bridgehead atoms. The molecule has 0 radical (unpaired) electrons. The fraction of sp³-hybridized carbons (Fsp3) is 0.136. The number of sulfonamides is 1. The van der Waals surface area contributed by atoms with Gasteiger partial charge in [-0.05, 0) is 37.1 Å². The Hall–Kier alpha value is -3.57. The lowest BCUT2D eigenvalue weighted by Crippen LogP contribution is -2.17. The number of nitrogens with one attached hydrogen (secondary N) is 1. The Bertz CT molecular complexity index is 1530. The van der Waals surface area contributed by atoms with Crippen molar-refractivity contribution in [1.29, 1.82) is 0 Å². The summed E-state index contributed by atoms with van der Waals surface area (Å²) in [4.78, 5) is 8.36. The molecule has 2 aromatic heterocycles. The molecule has 0 aliphatic carbocycles. The van der Waals surface area contributed by atoms with Crippen LogP contribution in [0.5, 0.6) is 0 Å². The normalized spacial score (nSPS) is 12.0. The monoisotopic (exact) mass is 483 g/mol. The van der Waals surface area contributed by atoms with Crippen LogP contribution in [-0.4, -0.2) is 36.6 Å². The molecule has 33 heavy (non-hydrogen) atoms. The van der Waals surface area contributed by atoms with Crippen molar-refractivity contribution in [3.63, 3.8) is 0 Å². The Labute approximate surface area is 192 Å². The molecular weight excluding hydrogens is 462 g/mol. The van der Waals surface area contributed by atoms with E-state index >= 15 is 0 Å². The van der Waals surface area contributed by atoms with Crippen molar-refractivity contribution >= 4 is 25.8 Å². The number of benzene rings is 2. The van der Waals surface area contributed by atoms with Crippen molar-refractivity contribution < 1.29 is 16.8 Å². The molecule has 4 aromatic rings. The van der Waals surface area contributed by atoms with Gasteiger partial charge in [0.15, 0.2) is 5.03 Å². The second-order valence-corrected chi connectivity index (χ2v) is 11.0. The molecule has 0 saturated carbocycles. The quantitative estimate of drug-likeness (QED) is 0.418. The molecule has 2 heterocycles. The predicted molar refractivity (Wildman–Crippen MR) is 123 cm³/mol. The highest BCUT2D eigenvalue weighted by Crippen LogP contribution is 2.30. The van der Waals surface area contributed by atoms with E-state index in [2.05, 4.69) is 19.8 Å². The van der Waals surface area contributed by atoms with Crippen LogP contribution < -0.4 is 4.72 Å². The van der Waals surface area contributed by atoms with Gasteiger partial charge in [0.05, 0.1) is 16.8 Å². The van der Waals surface area contributed by atoms with Crippen molar-refractivity contribution in [2.45, 2.75) is 28.7 Å². The van der Waals surface area contributed by atoms with E-state index in [-0.39, 0.29) is 20.8 Å². The summed E-state index contributed by atoms with van der Waals surface area (Å²) in [6.07, 6.45) is 2.50. The molecule has 0 amide bonds. The summed E-state index contributed by atoms with van der Waals surface area (Å²) < 4.78 is 55.9. The van der Waals surface area contributed by atoms with Gasteiger partial charge in [-0.3, -0.25) is 4.68 Å². The van der Waals surface area contributed by atoms with Crippen LogP contribution in [-0.2, 0) is 26.9 Å². The second kappa shape index (κ2) is 8.41. The van der Waals surface area contributed by atoms with Gasteiger partial charge >= 0.3 is 0 Å². The largest absolute Gasteiger partial charge is 0.274 e. The van der Waals surface area contributed by atoms with Gasteiger partial charge in [-0.25, -0.2) is 31.5 Å². The van der Waals surface area contributed by atoms with Gasteiger partial charge in [-0.1, -0.05) is 36.4 Å². The highest BCUT2D eigenvalue weighted by molar-refractivity contribution is 7.92. The molecule has 2 aromatic carbocycles. The van der Waals surface area contributed by atoms with E-state index in [9.17, 15) is 16.8 Å². The summed E-state index contributed by atoms with van der Waals surface area (Å²) in [5, 5.41) is 3.56. The van der Waals surface area contributed by atoms with Gasteiger partial charge in [-0.15, -0.1) is 0 Å². The number of nitrogens with zero attached hydrogens (tertiary/aromatic N) is 4. The lowest BCUT2D eigenvalue weighted by molar-refractivity contribution is 0.591. The van der Waals surface area contributed by atoms with Gasteiger partial charge in [-0.2, -0.15) is 5.10 Å². The molecule has 0 aliphatic rings. The van der Waals surface area contributed by atoms with Gasteiger partial charge in [0.25, 0.3) is 10.0 Å². The summed E-state index contributed by atoms with van der Waals surface area (Å²) in [5.41, 5.74) is 2.71. The first-order chi connectivity index (χ1) is 15.6. The maximum Gasteiger partial charge on any atom is 0.267 e. The highest BCUT2D eigenvalue weighted by atomic mass is 32.2. The lowest BCUT2D eigenvalue weighted by atomic mass is 10.00. The molecule has 170 valence electrons. The van der Waals surface area contributed by atoms with Crippen LogP contribution in [0, 0.1) is 13.8 Å². The first-order valence-electron chi connectivity index (χ1n) is 9.85. The zero-order chi connectivity index (χ0) is 23.8. The molecule has 0 spiro atoms. The SMILES string of the molecule is Cc1cccc(C)c1-c1cc(S(=O)(=O)c2ccccc2)nc(NS(=O)(=O)c2cnn(C)c2)n1. The highest BCUT2D eigenvalue weighted by Gasteiger charge is 2.25. The number of sulfone groups is 1. The van der Waals surface area contributed by atoms with E-state index in [4.69, 9.17) is 0 Å². The van der Waals surface area contributed by atoms with Gasteiger partial charge in [0.1, 0.15) is 4.90 Å². The van der Waals surface area contributed by atoms with Crippen molar-refractivity contribution in [1.82, 2.24) is 19.7 Å². The Morgan fingerprint density at radius 3 is 2.12 bits per heavy atom. The third-order valence-corrected chi connectivity index (χ3v) is 7.92. The molecule has 1 N–H and O–H groups in total. The number of hydrogen-bond donors (Lipinski definition) is 1. The van der Waals surface area contributed by atoms with E-state index in [1.165, 1.54) is 35.3 Å². The summed E-state index contributed by atoms with van der Waals surface area (Å²) in [6, 6.07) is 14.8. The molecule has 0 aliphatic heterocycles. The van der Waals surface area contributed by atoms with Crippen LogP contribution in [0.25, 0.3) is 11.3 Å². The van der Waals surface area contributed by atoms with Crippen LogP contribution in [0.4, 0.5) is 5.95 Å². The van der Waals surface area contributed by atoms with Crippen LogP contribution in [0.1, 0.15) is 11.1 Å². The van der Waals surface area contributed by atoms with Crippen molar-refractivity contribution in [2.24, 2.45) is 7.05 Å². The molecule has 11 heteroatoms. The fourth-order valence-electron chi connectivity index (χ4n) is 3.39. The van der Waals surface area contributed by atoms with E-state index < -0.39 is 19.9 Å². The standard InChI is InChI=1S/C22H21N5O4S2/c1-15-8-7-9-16(2)21(15)19-12-20(32(28,29)17-10-5-4-6-11-17)25-22(24-19)26-33(30,31)18-13-23-27(3)14-18/h4-14H,1-3H3,(H,24,25,26). The topological polar surface area (TPSA) is 124 Å². The van der Waals surface area contributed by atoms with Crippen LogP contribution >= 0.6 is 0 Å². The number of aryl methyl sites for hydroxylation is 3. The first-order valence-corrected chi connectivity index (χ1v) is 12.8. The average molecular weight is 484 g/mol. The Balaban J connectivity index is 1.91. The maximum atomic E-state index is 13.3. The Morgan fingerprint density at radius 2 is 1.52 bits per heavy atom. The fourth-order valence-corrected chi connectivity index (χ4v) is 5.55. The minimum atomic E-state index is -4.09. The number of hydrogen-bond acceptors (Lipinski definition) is 7. The third-order valence-electron chi connectivity index (χ3n) is 4.99. The zero-order valence-corrected chi connectivity index (χ0v) is 19.7. The summed E-state index contributed by atoms with van der Waals surface area (Å²) in [6.45, 7) is 3.74. The minimum absolute atomic E-state index is 0.0391. The molecule has 0 saturated heterocycles. The van der Waals surface area contributed by atoms with Gasteiger partial charge in [0.2, 0.25) is 15.8 Å². The second-order valence-electron chi connectivity index (χ2n) is 7.45. The van der Waals surface area contributed by atoms with Crippen molar-refractivity contribution in [2.75, 3.05) is 4.72 Å². The number of aromatic nitrogens is 4. The van der Waals surface area contributed by atoms with Crippen molar-refractivity contribution in [3.8, 4) is 11.3 Å². The Kier molecular flexibility index (Phi) is 5.76. The minimum Gasteiger partial charge on any atom is -0.274 e. The van der Waals surface area contributed by atoms with E-state index in [1.54, 1.807) is 25.2 Å². The van der Waals surface area contributed by atoms with E-state index in [1.807, 2.05) is 32.0 Å². The number of rotatable bonds is 6. The molecule has 0 atom stereocenters. The molecular formula is C22H21N5O4S2. The van der Waals surface area contributed by atoms with E-state index in [0.29, 0.717) is 11.3 Å². The molecule has 0 fully saturated rings. The van der Waals surface area contributed by atoms with E-state index in [0.717, 1.165) is 11.1 Å². The lowest BCUT2D eigenvalue weighted by Gasteiger charge is -2.13. The smallest absolute Gasteiger partial charge is 0.267 e. The molecule has 4 rings (SSSR count). The zero-order valence-electron chi connectivity index (χ0n) is 18.1.